The van der Waals surface area contributed by atoms with Gasteiger partial charge in [-0.3, -0.25) is 0 Å². The summed E-state index contributed by atoms with van der Waals surface area (Å²) in [5.74, 6) is 0.644. The van der Waals surface area contributed by atoms with Crippen LogP contribution in [-0.4, -0.2) is 0 Å². The summed E-state index contributed by atoms with van der Waals surface area (Å²) >= 11 is 5.92. The van der Waals surface area contributed by atoms with Crippen LogP contribution in [0.3, 0.4) is 0 Å². The average molecular weight is 274 g/mol. The summed E-state index contributed by atoms with van der Waals surface area (Å²) in [5, 5.41) is 4.36. The van der Waals surface area contributed by atoms with Gasteiger partial charge in [0.2, 0.25) is 0 Å². The Bertz CT molecular complexity index is 490. The molecule has 1 unspecified atom stereocenters. The summed E-state index contributed by atoms with van der Waals surface area (Å²) < 4.78 is 0. The minimum absolute atomic E-state index is 0.336. The van der Waals surface area contributed by atoms with E-state index >= 15 is 0 Å². The van der Waals surface area contributed by atoms with Gasteiger partial charge in [0.25, 0.3) is 0 Å². The Hall–Kier alpha value is -1.47. The van der Waals surface area contributed by atoms with E-state index in [1.165, 1.54) is 5.56 Å². The third-order valence-corrected chi connectivity index (χ3v) is 3.35. The second-order valence-electron chi connectivity index (χ2n) is 5.24. The Morgan fingerprint density at radius 2 is 1.58 bits per heavy atom. The summed E-state index contributed by atoms with van der Waals surface area (Å²) in [6.07, 6.45) is 1.10. The molecule has 0 spiro atoms. The number of rotatable bonds is 5. The largest absolute Gasteiger partial charge is 0.378 e. The quantitative estimate of drug-likeness (QED) is 0.754. The topological polar surface area (TPSA) is 12.0 Å². The maximum absolute atomic E-state index is 5.92. The first kappa shape index (κ1) is 14.0. The lowest BCUT2D eigenvalue weighted by Gasteiger charge is -2.22. The fourth-order valence-electron chi connectivity index (χ4n) is 2.18. The van der Waals surface area contributed by atoms with Crippen molar-refractivity contribution in [3.8, 4) is 0 Å². The summed E-state index contributed by atoms with van der Waals surface area (Å²) in [6, 6.07) is 18.8. The fraction of sp³-hybridized carbons (Fsp3) is 0.294. The van der Waals surface area contributed by atoms with Crippen molar-refractivity contribution in [2.45, 2.75) is 26.3 Å². The van der Waals surface area contributed by atoms with Gasteiger partial charge in [-0.25, -0.2) is 0 Å². The number of anilines is 1. The maximum Gasteiger partial charge on any atom is 0.0516 e. The van der Waals surface area contributed by atoms with E-state index in [4.69, 9.17) is 11.6 Å². The molecule has 0 aliphatic carbocycles. The van der Waals surface area contributed by atoms with Crippen LogP contribution >= 0.6 is 11.6 Å². The normalized spacial score (nSPS) is 12.4. The Balaban J connectivity index is 2.16. The molecule has 0 aromatic heterocycles. The van der Waals surface area contributed by atoms with Gasteiger partial charge in [0.1, 0.15) is 0 Å². The summed E-state index contributed by atoms with van der Waals surface area (Å²) in [6.45, 7) is 4.50. The molecular weight excluding hydrogens is 254 g/mol. The molecule has 19 heavy (non-hydrogen) atoms. The molecule has 2 heteroatoms. The van der Waals surface area contributed by atoms with Crippen LogP contribution in [0.1, 0.15) is 31.9 Å². The van der Waals surface area contributed by atoms with Gasteiger partial charge in [0.15, 0.2) is 0 Å². The molecule has 100 valence electrons. The molecule has 0 aliphatic rings. The van der Waals surface area contributed by atoms with E-state index in [0.29, 0.717) is 12.0 Å². The molecule has 1 atom stereocenters. The van der Waals surface area contributed by atoms with E-state index in [9.17, 15) is 0 Å². The van der Waals surface area contributed by atoms with Crippen LogP contribution in [0.15, 0.2) is 54.6 Å². The van der Waals surface area contributed by atoms with Gasteiger partial charge < -0.3 is 5.32 Å². The van der Waals surface area contributed by atoms with E-state index in [0.717, 1.165) is 17.1 Å². The highest BCUT2D eigenvalue weighted by atomic mass is 35.5. The van der Waals surface area contributed by atoms with Crippen LogP contribution in [0.2, 0.25) is 5.02 Å². The molecule has 1 nitrogen and oxygen atoms in total. The highest BCUT2D eigenvalue weighted by molar-refractivity contribution is 6.30. The molecule has 1 N–H and O–H groups in total. The van der Waals surface area contributed by atoms with Crippen LogP contribution in [-0.2, 0) is 0 Å². The lowest BCUT2D eigenvalue weighted by atomic mass is 9.97. The zero-order valence-corrected chi connectivity index (χ0v) is 12.2. The van der Waals surface area contributed by atoms with Gasteiger partial charge in [-0.15, -0.1) is 0 Å². The third-order valence-electron chi connectivity index (χ3n) is 3.09. The minimum atomic E-state index is 0.336. The SMILES string of the molecule is CC(C)CC(Nc1ccc(Cl)cc1)c1ccccc1. The van der Waals surface area contributed by atoms with Crippen molar-refractivity contribution in [3.63, 3.8) is 0 Å². The molecule has 0 amide bonds. The highest BCUT2D eigenvalue weighted by Crippen LogP contribution is 2.26. The van der Waals surface area contributed by atoms with Gasteiger partial charge in [0, 0.05) is 10.7 Å². The first-order valence-electron chi connectivity index (χ1n) is 6.72. The van der Waals surface area contributed by atoms with Crippen molar-refractivity contribution in [2.75, 3.05) is 5.32 Å². The Morgan fingerprint density at radius 3 is 2.16 bits per heavy atom. The van der Waals surface area contributed by atoms with Crippen molar-refractivity contribution < 1.29 is 0 Å². The predicted molar refractivity (Wildman–Crippen MR) is 83.7 cm³/mol. The molecule has 0 fully saturated rings. The number of nitrogens with one attached hydrogen (secondary N) is 1. The summed E-state index contributed by atoms with van der Waals surface area (Å²) in [7, 11) is 0. The minimum Gasteiger partial charge on any atom is -0.378 e. The molecule has 2 aromatic rings. The van der Waals surface area contributed by atoms with Crippen LogP contribution < -0.4 is 5.32 Å². The molecule has 2 rings (SSSR count). The summed E-state index contributed by atoms with van der Waals surface area (Å²) in [5.41, 5.74) is 2.44. The predicted octanol–water partition coefficient (Wildman–Crippen LogP) is 5.54. The lowest BCUT2D eigenvalue weighted by Crippen LogP contribution is -2.13. The summed E-state index contributed by atoms with van der Waals surface area (Å²) in [4.78, 5) is 0. The van der Waals surface area contributed by atoms with Crippen molar-refractivity contribution in [2.24, 2.45) is 5.92 Å². The van der Waals surface area contributed by atoms with Crippen LogP contribution in [0.5, 0.6) is 0 Å². The van der Waals surface area contributed by atoms with E-state index < -0.39 is 0 Å². The van der Waals surface area contributed by atoms with E-state index in [-0.39, 0.29) is 0 Å². The van der Waals surface area contributed by atoms with E-state index in [1.54, 1.807) is 0 Å². The van der Waals surface area contributed by atoms with Gasteiger partial charge >= 0.3 is 0 Å². The monoisotopic (exact) mass is 273 g/mol. The zero-order chi connectivity index (χ0) is 13.7. The van der Waals surface area contributed by atoms with Gasteiger partial charge in [-0.1, -0.05) is 55.8 Å². The molecule has 0 aliphatic heterocycles. The number of halogens is 1. The van der Waals surface area contributed by atoms with E-state index in [1.807, 2.05) is 24.3 Å². The Kier molecular flexibility index (Phi) is 4.86. The second kappa shape index (κ2) is 6.63. The van der Waals surface area contributed by atoms with Crippen LogP contribution in [0.4, 0.5) is 5.69 Å². The lowest BCUT2D eigenvalue weighted by molar-refractivity contribution is 0.531. The number of hydrogen-bond donors (Lipinski definition) is 1. The first-order valence-corrected chi connectivity index (χ1v) is 7.10. The maximum atomic E-state index is 5.92. The second-order valence-corrected chi connectivity index (χ2v) is 5.68. The smallest absolute Gasteiger partial charge is 0.0516 e. The fourth-order valence-corrected chi connectivity index (χ4v) is 2.31. The Morgan fingerprint density at radius 1 is 0.947 bits per heavy atom. The molecule has 0 heterocycles. The molecule has 0 saturated carbocycles. The third kappa shape index (κ3) is 4.29. The molecule has 2 aromatic carbocycles. The average Bonchev–Trinajstić information content (AvgIpc) is 2.41. The van der Waals surface area contributed by atoms with Gasteiger partial charge in [-0.05, 0) is 42.2 Å². The highest BCUT2D eigenvalue weighted by Gasteiger charge is 2.12. The van der Waals surface area contributed by atoms with Crippen molar-refractivity contribution in [1.82, 2.24) is 0 Å². The van der Waals surface area contributed by atoms with Crippen molar-refractivity contribution >= 4 is 17.3 Å². The number of benzene rings is 2. The van der Waals surface area contributed by atoms with Crippen LogP contribution in [0, 0.1) is 5.92 Å². The van der Waals surface area contributed by atoms with E-state index in [2.05, 4.69) is 49.5 Å². The van der Waals surface area contributed by atoms with Gasteiger partial charge in [-0.2, -0.15) is 0 Å². The molecule has 0 saturated heterocycles. The number of hydrogen-bond acceptors (Lipinski definition) is 1. The van der Waals surface area contributed by atoms with Crippen molar-refractivity contribution in [3.05, 3.63) is 65.2 Å². The van der Waals surface area contributed by atoms with Crippen molar-refractivity contribution in [1.29, 1.82) is 0 Å². The molecule has 0 bridgehead atoms. The molecular formula is C17H20ClN. The zero-order valence-electron chi connectivity index (χ0n) is 11.4. The first-order chi connectivity index (χ1) is 9.15. The Labute approximate surface area is 120 Å². The van der Waals surface area contributed by atoms with Gasteiger partial charge in [0.05, 0.1) is 6.04 Å². The van der Waals surface area contributed by atoms with Crippen LogP contribution in [0.25, 0.3) is 0 Å². The molecule has 0 radical (unpaired) electrons. The standard InChI is InChI=1S/C17H20ClN/c1-13(2)12-17(14-6-4-3-5-7-14)19-16-10-8-15(18)9-11-16/h3-11,13,17,19H,12H2,1-2H3.